The molecule has 0 aromatic heterocycles. The van der Waals surface area contributed by atoms with E-state index in [0.717, 1.165) is 18.4 Å². The van der Waals surface area contributed by atoms with Crippen molar-refractivity contribution in [2.45, 2.75) is 78.7 Å². The largest absolute Gasteiger partial charge is 0.386 e. The monoisotopic (exact) mass is 304 g/mol. The van der Waals surface area contributed by atoms with Crippen molar-refractivity contribution in [3.63, 3.8) is 0 Å². The zero-order valence-electron chi connectivity index (χ0n) is 14.9. The molecule has 4 atom stereocenters. The van der Waals surface area contributed by atoms with Crippen LogP contribution in [0.15, 0.2) is 11.6 Å². The van der Waals surface area contributed by atoms with Crippen LogP contribution in [-0.2, 0) is 4.79 Å². The first kappa shape index (κ1) is 16.2. The highest BCUT2D eigenvalue weighted by molar-refractivity contribution is 5.97. The zero-order valence-corrected chi connectivity index (χ0v) is 14.9. The quantitative estimate of drug-likeness (QED) is 0.773. The molecule has 0 radical (unpaired) electrons. The van der Waals surface area contributed by atoms with E-state index in [1.54, 1.807) is 0 Å². The Bertz CT molecular complexity index is 516. The van der Waals surface area contributed by atoms with Gasteiger partial charge < -0.3 is 5.11 Å². The van der Waals surface area contributed by atoms with Gasteiger partial charge in [0.2, 0.25) is 0 Å². The average molecular weight is 304 g/mol. The molecule has 1 unspecified atom stereocenters. The highest BCUT2D eigenvalue weighted by atomic mass is 16.3. The van der Waals surface area contributed by atoms with E-state index in [0.29, 0.717) is 24.0 Å². The van der Waals surface area contributed by atoms with E-state index in [-0.39, 0.29) is 16.7 Å². The van der Waals surface area contributed by atoms with Crippen LogP contribution in [0.1, 0.15) is 73.1 Å². The number of carbonyl (C=O) groups is 1. The Labute approximate surface area is 135 Å². The van der Waals surface area contributed by atoms with Crippen LogP contribution in [0.5, 0.6) is 0 Å². The fraction of sp³-hybridized carbons (Fsp3) is 0.850. The van der Waals surface area contributed by atoms with Crippen LogP contribution in [0, 0.1) is 28.6 Å². The fourth-order valence-corrected chi connectivity index (χ4v) is 5.78. The number of hydrogen-bond donors (Lipinski definition) is 1. The predicted octanol–water partition coefficient (Wildman–Crippen LogP) is 4.52. The molecule has 1 N–H and O–H groups in total. The molecule has 0 bridgehead atoms. The van der Waals surface area contributed by atoms with Crippen LogP contribution in [0.25, 0.3) is 0 Å². The molecule has 0 spiro atoms. The van der Waals surface area contributed by atoms with E-state index in [1.165, 1.54) is 19.3 Å². The summed E-state index contributed by atoms with van der Waals surface area (Å²) in [5.41, 5.74) is 0.674. The summed E-state index contributed by atoms with van der Waals surface area (Å²) in [6, 6.07) is 0. The molecule has 22 heavy (non-hydrogen) atoms. The second-order valence-corrected chi connectivity index (χ2v) is 9.36. The summed E-state index contributed by atoms with van der Waals surface area (Å²) in [4.78, 5) is 12.8. The molecule has 0 aromatic rings. The summed E-state index contributed by atoms with van der Waals surface area (Å²) >= 11 is 0. The van der Waals surface area contributed by atoms with Crippen LogP contribution in [-0.4, -0.2) is 16.5 Å². The molecule has 0 aliphatic heterocycles. The van der Waals surface area contributed by atoms with Crippen molar-refractivity contribution in [3.05, 3.63) is 11.6 Å². The Kier molecular flexibility index (Phi) is 3.64. The van der Waals surface area contributed by atoms with Crippen LogP contribution in [0.2, 0.25) is 0 Å². The number of fused-ring (bicyclic) bond motifs is 3. The zero-order chi connectivity index (χ0) is 16.3. The van der Waals surface area contributed by atoms with Gasteiger partial charge in [0.1, 0.15) is 0 Å². The van der Waals surface area contributed by atoms with Crippen LogP contribution >= 0.6 is 0 Å². The Morgan fingerprint density at radius 1 is 1.18 bits per heavy atom. The maximum atomic E-state index is 12.8. The number of rotatable bonds is 1. The van der Waals surface area contributed by atoms with Gasteiger partial charge in [-0.15, -0.1) is 0 Å². The lowest BCUT2D eigenvalue weighted by Crippen LogP contribution is -2.54. The van der Waals surface area contributed by atoms with Crippen LogP contribution in [0.3, 0.4) is 0 Å². The molecule has 0 amide bonds. The molecule has 124 valence electrons. The van der Waals surface area contributed by atoms with Gasteiger partial charge in [-0.05, 0) is 65.9 Å². The van der Waals surface area contributed by atoms with E-state index in [2.05, 4.69) is 34.6 Å². The first-order valence-electron chi connectivity index (χ1n) is 9.08. The lowest BCUT2D eigenvalue weighted by molar-refractivity contribution is -0.132. The summed E-state index contributed by atoms with van der Waals surface area (Å²) in [5.74, 6) is 1.33. The number of ketones is 1. The van der Waals surface area contributed by atoms with Crippen molar-refractivity contribution in [1.29, 1.82) is 0 Å². The van der Waals surface area contributed by atoms with E-state index >= 15 is 0 Å². The standard InChI is InChI=1S/C20H32O2/c1-13(2)20(22)10-7-15-14(12-20)16(21)11-17-18(3,4)8-6-9-19(15,17)5/h12-13,15,17,22H,6-11H2,1-5H3/t15-,17?,19+,20+/m0/s1. The van der Waals surface area contributed by atoms with E-state index < -0.39 is 5.60 Å². The van der Waals surface area contributed by atoms with Gasteiger partial charge in [-0.2, -0.15) is 0 Å². The molecule has 3 rings (SSSR count). The molecule has 2 nitrogen and oxygen atoms in total. The fourth-order valence-electron chi connectivity index (χ4n) is 5.78. The van der Waals surface area contributed by atoms with Gasteiger partial charge in [-0.3, -0.25) is 4.79 Å². The van der Waals surface area contributed by atoms with Crippen LogP contribution in [0.4, 0.5) is 0 Å². The third-order valence-electron chi connectivity index (χ3n) is 7.40. The first-order chi connectivity index (χ1) is 10.1. The molecule has 0 aromatic carbocycles. The lowest BCUT2D eigenvalue weighted by atomic mass is 9.45. The number of aliphatic hydroxyl groups is 1. The number of carbonyl (C=O) groups excluding carboxylic acids is 1. The highest BCUT2D eigenvalue weighted by Gasteiger charge is 2.57. The molecule has 2 heteroatoms. The minimum Gasteiger partial charge on any atom is -0.386 e. The Morgan fingerprint density at radius 2 is 1.86 bits per heavy atom. The third kappa shape index (κ3) is 2.21. The molecule has 3 aliphatic carbocycles. The number of Topliss-reactive ketones (excluding diaryl/α,β-unsaturated/α-hetero) is 1. The van der Waals surface area contributed by atoms with Gasteiger partial charge in [-0.1, -0.05) is 41.0 Å². The second-order valence-electron chi connectivity index (χ2n) is 9.36. The summed E-state index contributed by atoms with van der Waals surface area (Å²) in [5, 5.41) is 10.9. The van der Waals surface area contributed by atoms with Crippen LogP contribution < -0.4 is 0 Å². The molecule has 0 heterocycles. The summed E-state index contributed by atoms with van der Waals surface area (Å²) in [7, 11) is 0. The van der Waals surface area contributed by atoms with Crippen molar-refractivity contribution in [2.75, 3.05) is 0 Å². The third-order valence-corrected chi connectivity index (χ3v) is 7.40. The van der Waals surface area contributed by atoms with Gasteiger partial charge in [-0.25, -0.2) is 0 Å². The SMILES string of the molecule is CC(C)[C@]1(O)C=C2C(=O)CC3C(C)(C)CCC[C@]3(C)[C@H]2CC1. The minimum absolute atomic E-state index is 0.169. The summed E-state index contributed by atoms with van der Waals surface area (Å²) in [6.07, 6.45) is 8.15. The molecule has 3 aliphatic rings. The Hall–Kier alpha value is -0.630. The number of allylic oxidation sites excluding steroid dienone is 1. The van der Waals surface area contributed by atoms with Gasteiger partial charge in [0.25, 0.3) is 0 Å². The Morgan fingerprint density at radius 3 is 2.50 bits per heavy atom. The average Bonchev–Trinajstić information content (AvgIpc) is 2.41. The predicted molar refractivity (Wildman–Crippen MR) is 89.4 cm³/mol. The maximum absolute atomic E-state index is 12.8. The lowest BCUT2D eigenvalue weighted by Gasteiger charge is -2.59. The first-order valence-corrected chi connectivity index (χ1v) is 9.08. The van der Waals surface area contributed by atoms with Gasteiger partial charge in [0.15, 0.2) is 5.78 Å². The van der Waals surface area contributed by atoms with Gasteiger partial charge >= 0.3 is 0 Å². The van der Waals surface area contributed by atoms with Crippen molar-refractivity contribution >= 4 is 5.78 Å². The molecule has 0 saturated heterocycles. The molecular weight excluding hydrogens is 272 g/mol. The topological polar surface area (TPSA) is 37.3 Å². The minimum atomic E-state index is -0.783. The number of hydrogen-bond acceptors (Lipinski definition) is 2. The van der Waals surface area contributed by atoms with Crippen molar-refractivity contribution in [1.82, 2.24) is 0 Å². The van der Waals surface area contributed by atoms with Crippen molar-refractivity contribution < 1.29 is 9.90 Å². The van der Waals surface area contributed by atoms with Crippen molar-refractivity contribution in [2.24, 2.45) is 28.6 Å². The highest BCUT2D eigenvalue weighted by Crippen LogP contribution is 2.62. The molecule has 2 saturated carbocycles. The van der Waals surface area contributed by atoms with E-state index in [4.69, 9.17) is 0 Å². The smallest absolute Gasteiger partial charge is 0.159 e. The molecule has 2 fully saturated rings. The normalized spacial score (nSPS) is 44.3. The Balaban J connectivity index is 2.03. The summed E-state index contributed by atoms with van der Waals surface area (Å²) in [6.45, 7) is 11.2. The maximum Gasteiger partial charge on any atom is 0.159 e. The van der Waals surface area contributed by atoms with E-state index in [1.807, 2.05) is 6.08 Å². The van der Waals surface area contributed by atoms with E-state index in [9.17, 15) is 9.90 Å². The second kappa shape index (κ2) is 4.93. The van der Waals surface area contributed by atoms with Gasteiger partial charge in [0, 0.05) is 6.42 Å². The summed E-state index contributed by atoms with van der Waals surface area (Å²) < 4.78 is 0. The van der Waals surface area contributed by atoms with Gasteiger partial charge in [0.05, 0.1) is 5.60 Å². The molecular formula is C20H32O2. The van der Waals surface area contributed by atoms with Crippen molar-refractivity contribution in [3.8, 4) is 0 Å².